The van der Waals surface area contributed by atoms with Crippen molar-refractivity contribution in [3.05, 3.63) is 65.7 Å². The highest BCUT2D eigenvalue weighted by Gasteiger charge is 2.22. The number of hydrogen-bond acceptors (Lipinski definition) is 3. The molecule has 2 amide bonds. The van der Waals surface area contributed by atoms with Crippen LogP contribution in [-0.2, 0) is 12.8 Å². The maximum atomic E-state index is 12.4. The summed E-state index contributed by atoms with van der Waals surface area (Å²) in [4.78, 5) is 14.5. The minimum Gasteiger partial charge on any atom is -0.508 e. The third-order valence-corrected chi connectivity index (χ3v) is 4.58. The van der Waals surface area contributed by atoms with E-state index in [1.165, 1.54) is 5.56 Å². The summed E-state index contributed by atoms with van der Waals surface area (Å²) in [6.45, 7) is 4.60. The number of carbonyl (C=O) groups excluding carboxylic acids is 1. The molecule has 0 aliphatic carbocycles. The van der Waals surface area contributed by atoms with Gasteiger partial charge in [0.2, 0.25) is 0 Å². The molecule has 2 rings (SSSR count). The van der Waals surface area contributed by atoms with Crippen molar-refractivity contribution in [3.63, 3.8) is 0 Å². The number of benzene rings is 2. The minimum absolute atomic E-state index is 0.159. The fraction of sp³-hybridized carbons (Fsp3) is 0.409. The minimum atomic E-state index is -0.337. The van der Waals surface area contributed by atoms with Crippen molar-refractivity contribution in [2.45, 2.75) is 38.3 Å². The van der Waals surface area contributed by atoms with Crippen LogP contribution in [0.15, 0.2) is 54.6 Å². The summed E-state index contributed by atoms with van der Waals surface area (Å²) in [5.41, 5.74) is 1.98. The largest absolute Gasteiger partial charge is 0.508 e. The number of nitrogens with zero attached hydrogens (tertiary/aromatic N) is 1. The Morgan fingerprint density at radius 3 is 2.26 bits per heavy atom. The highest BCUT2D eigenvalue weighted by molar-refractivity contribution is 5.74. The molecular weight excluding hydrogens is 338 g/mol. The van der Waals surface area contributed by atoms with Crippen LogP contribution >= 0.6 is 0 Å². The standard InChI is InChI=1S/C22H31N3O2/c1-22(2,15-18-8-6-5-7-9-18)24-21(27)23-16-19(25(3)4)14-17-10-12-20(26)13-11-17/h5-13,19,26H,14-16H2,1-4H3,(H2,23,24,27)/t19-/m1/s1. The molecule has 5 nitrogen and oxygen atoms in total. The van der Waals surface area contributed by atoms with E-state index in [0.29, 0.717) is 6.54 Å². The molecule has 0 spiro atoms. The van der Waals surface area contributed by atoms with E-state index in [-0.39, 0.29) is 23.4 Å². The fourth-order valence-electron chi connectivity index (χ4n) is 3.05. The number of carbonyl (C=O) groups is 1. The van der Waals surface area contributed by atoms with Gasteiger partial charge in [0.1, 0.15) is 5.75 Å². The van der Waals surface area contributed by atoms with Gasteiger partial charge in [0.05, 0.1) is 0 Å². The third kappa shape index (κ3) is 7.31. The van der Waals surface area contributed by atoms with Crippen molar-refractivity contribution < 1.29 is 9.90 Å². The van der Waals surface area contributed by atoms with E-state index in [9.17, 15) is 9.90 Å². The van der Waals surface area contributed by atoms with Gasteiger partial charge in [-0.3, -0.25) is 0 Å². The number of rotatable bonds is 8. The van der Waals surface area contributed by atoms with Gasteiger partial charge in [-0.15, -0.1) is 0 Å². The number of phenols is 1. The molecule has 0 unspecified atom stereocenters. The first-order chi connectivity index (χ1) is 12.7. The second-order valence-electron chi connectivity index (χ2n) is 7.87. The first-order valence-corrected chi connectivity index (χ1v) is 9.29. The molecule has 0 heterocycles. The molecule has 0 fully saturated rings. The topological polar surface area (TPSA) is 64.6 Å². The highest BCUT2D eigenvalue weighted by atomic mass is 16.3. The molecule has 0 bridgehead atoms. The van der Waals surface area contributed by atoms with E-state index in [1.807, 2.05) is 58.3 Å². The average Bonchev–Trinajstić information content (AvgIpc) is 2.60. The Labute approximate surface area is 162 Å². The molecule has 0 saturated heterocycles. The Morgan fingerprint density at radius 1 is 1.04 bits per heavy atom. The van der Waals surface area contributed by atoms with Crippen molar-refractivity contribution in [2.24, 2.45) is 0 Å². The molecule has 27 heavy (non-hydrogen) atoms. The lowest BCUT2D eigenvalue weighted by Crippen LogP contribution is -2.52. The number of nitrogens with one attached hydrogen (secondary N) is 2. The number of phenolic OH excluding ortho intramolecular Hbond substituents is 1. The van der Waals surface area contributed by atoms with Gasteiger partial charge >= 0.3 is 6.03 Å². The summed E-state index contributed by atoms with van der Waals surface area (Å²) in [6, 6.07) is 17.4. The molecule has 0 aliphatic rings. The zero-order valence-electron chi connectivity index (χ0n) is 16.7. The maximum absolute atomic E-state index is 12.4. The first-order valence-electron chi connectivity index (χ1n) is 9.29. The number of aromatic hydroxyl groups is 1. The average molecular weight is 370 g/mol. The molecule has 0 aliphatic heterocycles. The van der Waals surface area contributed by atoms with Gasteiger partial charge in [-0.25, -0.2) is 4.79 Å². The smallest absolute Gasteiger partial charge is 0.315 e. The monoisotopic (exact) mass is 369 g/mol. The third-order valence-electron chi connectivity index (χ3n) is 4.58. The lowest BCUT2D eigenvalue weighted by atomic mass is 9.95. The predicted octanol–water partition coefficient (Wildman–Crippen LogP) is 3.19. The van der Waals surface area contributed by atoms with E-state index in [2.05, 4.69) is 27.7 Å². The van der Waals surface area contributed by atoms with Crippen LogP contribution in [0, 0.1) is 0 Å². The quantitative estimate of drug-likeness (QED) is 0.670. The zero-order valence-corrected chi connectivity index (χ0v) is 16.7. The number of hydrogen-bond donors (Lipinski definition) is 3. The second-order valence-corrected chi connectivity index (χ2v) is 7.87. The van der Waals surface area contributed by atoms with Crippen molar-refractivity contribution in [1.29, 1.82) is 0 Å². The molecule has 146 valence electrons. The summed E-state index contributed by atoms with van der Waals surface area (Å²) >= 11 is 0. The van der Waals surface area contributed by atoms with Gasteiger partial charge in [-0.05, 0) is 64.0 Å². The van der Waals surface area contributed by atoms with E-state index < -0.39 is 0 Å². The van der Waals surface area contributed by atoms with E-state index in [1.54, 1.807) is 12.1 Å². The van der Waals surface area contributed by atoms with Crippen molar-refractivity contribution in [3.8, 4) is 5.75 Å². The lowest BCUT2D eigenvalue weighted by Gasteiger charge is -2.29. The van der Waals surface area contributed by atoms with Crippen LogP contribution in [0.4, 0.5) is 4.79 Å². The van der Waals surface area contributed by atoms with Crippen LogP contribution in [-0.4, -0.2) is 48.3 Å². The van der Waals surface area contributed by atoms with Gasteiger partial charge in [0.25, 0.3) is 0 Å². The Balaban J connectivity index is 1.86. The Kier molecular flexibility index (Phi) is 7.25. The lowest BCUT2D eigenvalue weighted by molar-refractivity contribution is 0.222. The number of amides is 2. The van der Waals surface area contributed by atoms with Crippen LogP contribution < -0.4 is 10.6 Å². The van der Waals surface area contributed by atoms with Crippen molar-refractivity contribution in [1.82, 2.24) is 15.5 Å². The van der Waals surface area contributed by atoms with Gasteiger partial charge in [-0.1, -0.05) is 42.5 Å². The van der Waals surface area contributed by atoms with Gasteiger partial charge in [0.15, 0.2) is 0 Å². The van der Waals surface area contributed by atoms with Crippen LogP contribution in [0.5, 0.6) is 5.75 Å². The normalized spacial score (nSPS) is 12.6. The molecule has 3 N–H and O–H groups in total. The molecule has 0 saturated carbocycles. The second kappa shape index (κ2) is 9.42. The van der Waals surface area contributed by atoms with Crippen LogP contribution in [0.2, 0.25) is 0 Å². The van der Waals surface area contributed by atoms with Crippen LogP contribution in [0.3, 0.4) is 0 Å². The number of likely N-dealkylation sites (N-methyl/N-ethyl adjacent to an activating group) is 1. The van der Waals surface area contributed by atoms with E-state index in [0.717, 1.165) is 18.4 Å². The van der Waals surface area contributed by atoms with E-state index in [4.69, 9.17) is 0 Å². The maximum Gasteiger partial charge on any atom is 0.315 e. The molecular formula is C22H31N3O2. The fourth-order valence-corrected chi connectivity index (χ4v) is 3.05. The first kappa shape index (κ1) is 20.8. The molecule has 2 aromatic carbocycles. The predicted molar refractivity (Wildman–Crippen MR) is 110 cm³/mol. The van der Waals surface area contributed by atoms with E-state index >= 15 is 0 Å². The van der Waals surface area contributed by atoms with Crippen molar-refractivity contribution in [2.75, 3.05) is 20.6 Å². The molecule has 1 atom stereocenters. The molecule has 5 heteroatoms. The summed E-state index contributed by atoms with van der Waals surface area (Å²) in [5.74, 6) is 0.262. The summed E-state index contributed by atoms with van der Waals surface area (Å²) in [6.07, 6.45) is 1.56. The molecule has 0 aromatic heterocycles. The SMILES string of the molecule is CN(C)[C@@H](CNC(=O)NC(C)(C)Cc1ccccc1)Cc1ccc(O)cc1. The summed E-state index contributed by atoms with van der Waals surface area (Å²) in [5, 5.41) is 15.5. The molecule has 0 radical (unpaired) electrons. The van der Waals surface area contributed by atoms with Gasteiger partial charge in [-0.2, -0.15) is 0 Å². The summed E-state index contributed by atoms with van der Waals surface area (Å²) < 4.78 is 0. The zero-order chi connectivity index (χ0) is 19.9. The highest BCUT2D eigenvalue weighted by Crippen LogP contribution is 2.14. The Morgan fingerprint density at radius 2 is 1.67 bits per heavy atom. The Hall–Kier alpha value is -2.53. The van der Waals surface area contributed by atoms with Crippen LogP contribution in [0.1, 0.15) is 25.0 Å². The molecule has 2 aromatic rings. The van der Waals surface area contributed by atoms with Crippen LogP contribution in [0.25, 0.3) is 0 Å². The number of urea groups is 1. The van der Waals surface area contributed by atoms with Crippen molar-refractivity contribution >= 4 is 6.03 Å². The Bertz CT molecular complexity index is 712. The van der Waals surface area contributed by atoms with Gasteiger partial charge in [0, 0.05) is 18.1 Å². The van der Waals surface area contributed by atoms with Gasteiger partial charge < -0.3 is 20.6 Å². The summed E-state index contributed by atoms with van der Waals surface area (Å²) in [7, 11) is 4.01.